The van der Waals surface area contributed by atoms with Gasteiger partial charge in [-0.1, -0.05) is 6.07 Å². The average Bonchev–Trinajstić information content (AvgIpc) is 2.86. The van der Waals surface area contributed by atoms with Crippen LogP contribution in [0.25, 0.3) is 0 Å². The van der Waals surface area contributed by atoms with E-state index >= 15 is 0 Å². The van der Waals surface area contributed by atoms with E-state index in [0.29, 0.717) is 5.69 Å². The van der Waals surface area contributed by atoms with Gasteiger partial charge in [-0.3, -0.25) is 9.40 Å². The molecule has 6 nitrogen and oxygen atoms in total. The van der Waals surface area contributed by atoms with E-state index in [1.54, 1.807) is 13.1 Å². The lowest BCUT2D eigenvalue weighted by Gasteiger charge is -2.21. The van der Waals surface area contributed by atoms with Crippen LogP contribution in [0, 0.1) is 0 Å². The van der Waals surface area contributed by atoms with Crippen LogP contribution in [0.1, 0.15) is 12.0 Å². The van der Waals surface area contributed by atoms with Crippen LogP contribution < -0.4 is 10.0 Å². The number of aromatic nitrogens is 2. The quantitative estimate of drug-likeness (QED) is 0.900. The van der Waals surface area contributed by atoms with E-state index in [9.17, 15) is 8.42 Å². The standard InChI is InChI=1S/C13H16N4O2S/c1-17-9-10(8-15-17)20(18,19)16-13-6-2-5-12-11(13)4-3-7-14-12/h2,5-6,8-9,14,16H,3-4,7H2,1H3. The van der Waals surface area contributed by atoms with Crippen LogP contribution in [0.2, 0.25) is 0 Å². The van der Waals surface area contributed by atoms with Crippen molar-refractivity contribution in [1.29, 1.82) is 0 Å². The fourth-order valence-corrected chi connectivity index (χ4v) is 3.42. The Hall–Kier alpha value is -2.02. The topological polar surface area (TPSA) is 76.0 Å². The van der Waals surface area contributed by atoms with Gasteiger partial charge >= 0.3 is 0 Å². The third kappa shape index (κ3) is 2.36. The summed E-state index contributed by atoms with van der Waals surface area (Å²) in [5.74, 6) is 0. The molecule has 1 aliphatic rings. The summed E-state index contributed by atoms with van der Waals surface area (Å²) in [6.45, 7) is 0.922. The predicted molar refractivity (Wildman–Crippen MR) is 77.3 cm³/mol. The van der Waals surface area contributed by atoms with E-state index in [0.717, 1.165) is 30.6 Å². The van der Waals surface area contributed by atoms with Gasteiger partial charge in [0, 0.05) is 25.5 Å². The van der Waals surface area contributed by atoms with Gasteiger partial charge in [0.25, 0.3) is 10.0 Å². The Morgan fingerprint density at radius 1 is 1.40 bits per heavy atom. The summed E-state index contributed by atoms with van der Waals surface area (Å²) in [6, 6.07) is 5.61. The molecule has 3 rings (SSSR count). The van der Waals surface area contributed by atoms with Crippen molar-refractivity contribution in [3.05, 3.63) is 36.2 Å². The zero-order chi connectivity index (χ0) is 14.2. The van der Waals surface area contributed by atoms with Crippen molar-refractivity contribution in [3.63, 3.8) is 0 Å². The van der Waals surface area contributed by atoms with Crippen LogP contribution in [0.15, 0.2) is 35.5 Å². The van der Waals surface area contributed by atoms with E-state index in [-0.39, 0.29) is 4.90 Å². The molecule has 1 aromatic heterocycles. The number of anilines is 2. The van der Waals surface area contributed by atoms with Gasteiger partial charge in [0.05, 0.1) is 11.9 Å². The van der Waals surface area contributed by atoms with Gasteiger partial charge in [-0.05, 0) is 30.5 Å². The van der Waals surface area contributed by atoms with Crippen LogP contribution in [0.3, 0.4) is 0 Å². The summed E-state index contributed by atoms with van der Waals surface area (Å²) in [6.07, 6.45) is 4.69. The van der Waals surface area contributed by atoms with Crippen molar-refractivity contribution >= 4 is 21.4 Å². The second-order valence-corrected chi connectivity index (χ2v) is 6.50. The number of rotatable bonds is 3. The van der Waals surface area contributed by atoms with Gasteiger partial charge in [0.15, 0.2) is 0 Å². The van der Waals surface area contributed by atoms with Crippen LogP contribution in [0.4, 0.5) is 11.4 Å². The number of fused-ring (bicyclic) bond motifs is 1. The minimum absolute atomic E-state index is 0.168. The Labute approximate surface area is 117 Å². The van der Waals surface area contributed by atoms with Crippen LogP contribution in [0.5, 0.6) is 0 Å². The van der Waals surface area contributed by atoms with Gasteiger partial charge in [-0.15, -0.1) is 0 Å². The second-order valence-electron chi connectivity index (χ2n) is 4.82. The molecule has 106 valence electrons. The monoisotopic (exact) mass is 292 g/mol. The van der Waals surface area contributed by atoms with Gasteiger partial charge in [-0.2, -0.15) is 5.10 Å². The largest absolute Gasteiger partial charge is 0.385 e. The highest BCUT2D eigenvalue weighted by atomic mass is 32.2. The highest BCUT2D eigenvalue weighted by Gasteiger charge is 2.20. The lowest BCUT2D eigenvalue weighted by atomic mass is 10.0. The molecule has 7 heteroatoms. The first-order chi connectivity index (χ1) is 9.56. The summed E-state index contributed by atoms with van der Waals surface area (Å²) in [5.41, 5.74) is 2.66. The molecule has 0 atom stereocenters. The number of aryl methyl sites for hydroxylation is 1. The van der Waals surface area contributed by atoms with E-state index in [1.165, 1.54) is 17.1 Å². The molecule has 2 N–H and O–H groups in total. The van der Waals surface area contributed by atoms with Crippen molar-refractivity contribution < 1.29 is 8.42 Å². The zero-order valence-electron chi connectivity index (χ0n) is 11.1. The summed E-state index contributed by atoms with van der Waals surface area (Å²) in [5, 5.41) is 7.18. The van der Waals surface area contributed by atoms with E-state index in [2.05, 4.69) is 15.1 Å². The fourth-order valence-electron chi connectivity index (χ4n) is 2.35. The summed E-state index contributed by atoms with van der Waals surface area (Å²) in [4.78, 5) is 0.168. The van der Waals surface area contributed by atoms with Gasteiger partial charge in [0.1, 0.15) is 4.90 Å². The molecule has 0 fully saturated rings. The maximum atomic E-state index is 12.3. The first-order valence-corrected chi connectivity index (χ1v) is 7.92. The predicted octanol–water partition coefficient (Wildman–Crippen LogP) is 1.58. The first-order valence-electron chi connectivity index (χ1n) is 6.43. The third-order valence-electron chi connectivity index (χ3n) is 3.33. The molecular formula is C13H16N4O2S. The van der Waals surface area contributed by atoms with Crippen LogP contribution in [-0.2, 0) is 23.5 Å². The van der Waals surface area contributed by atoms with Gasteiger partial charge < -0.3 is 5.32 Å². The number of sulfonamides is 1. The number of hydrogen-bond acceptors (Lipinski definition) is 4. The molecule has 0 spiro atoms. The van der Waals surface area contributed by atoms with E-state index in [1.807, 2.05) is 12.1 Å². The third-order valence-corrected chi connectivity index (χ3v) is 4.65. The highest BCUT2D eigenvalue weighted by Crippen LogP contribution is 2.30. The molecule has 1 aliphatic heterocycles. The molecule has 0 aliphatic carbocycles. The van der Waals surface area contributed by atoms with E-state index in [4.69, 9.17) is 0 Å². The summed E-state index contributed by atoms with van der Waals surface area (Å²) >= 11 is 0. The molecule has 0 radical (unpaired) electrons. The summed E-state index contributed by atoms with van der Waals surface area (Å²) < 4.78 is 28.8. The van der Waals surface area contributed by atoms with Gasteiger partial charge in [0.2, 0.25) is 0 Å². The fraction of sp³-hybridized carbons (Fsp3) is 0.308. The lowest BCUT2D eigenvalue weighted by molar-refractivity contribution is 0.601. The van der Waals surface area contributed by atoms with Crippen LogP contribution in [-0.4, -0.2) is 24.7 Å². The number of hydrogen-bond donors (Lipinski definition) is 2. The number of benzene rings is 1. The van der Waals surface area contributed by atoms with Crippen LogP contribution >= 0.6 is 0 Å². The Morgan fingerprint density at radius 3 is 3.00 bits per heavy atom. The average molecular weight is 292 g/mol. The molecule has 0 saturated heterocycles. The van der Waals surface area contributed by atoms with Gasteiger partial charge in [-0.25, -0.2) is 8.42 Å². The molecule has 20 heavy (non-hydrogen) atoms. The Balaban J connectivity index is 1.95. The lowest BCUT2D eigenvalue weighted by Crippen LogP contribution is -2.17. The molecule has 0 bridgehead atoms. The maximum Gasteiger partial charge on any atom is 0.265 e. The smallest absolute Gasteiger partial charge is 0.265 e. The Kier molecular flexibility index (Phi) is 3.13. The zero-order valence-corrected chi connectivity index (χ0v) is 11.9. The highest BCUT2D eigenvalue weighted by molar-refractivity contribution is 7.92. The SMILES string of the molecule is Cn1cc(S(=O)(=O)Nc2cccc3c2CCCN3)cn1. The second kappa shape index (κ2) is 4.82. The van der Waals surface area contributed by atoms with Crippen molar-refractivity contribution in [1.82, 2.24) is 9.78 Å². The molecular weight excluding hydrogens is 276 g/mol. The van der Waals surface area contributed by atoms with Crippen molar-refractivity contribution in [2.75, 3.05) is 16.6 Å². The Bertz CT molecular complexity index is 737. The summed E-state index contributed by atoms with van der Waals surface area (Å²) in [7, 11) is -1.90. The minimum Gasteiger partial charge on any atom is -0.385 e. The molecule has 1 aromatic carbocycles. The maximum absolute atomic E-state index is 12.3. The number of nitrogens with zero attached hydrogens (tertiary/aromatic N) is 2. The van der Waals surface area contributed by atoms with Crippen molar-refractivity contribution in [3.8, 4) is 0 Å². The molecule has 2 heterocycles. The van der Waals surface area contributed by atoms with E-state index < -0.39 is 10.0 Å². The Morgan fingerprint density at radius 2 is 2.25 bits per heavy atom. The minimum atomic E-state index is -3.59. The number of nitrogens with one attached hydrogen (secondary N) is 2. The molecule has 2 aromatic rings. The molecule has 0 amide bonds. The van der Waals surface area contributed by atoms with Crippen molar-refractivity contribution in [2.24, 2.45) is 7.05 Å². The first kappa shape index (κ1) is 13.0. The normalized spacial score (nSPS) is 14.4. The molecule has 0 unspecified atom stereocenters. The van der Waals surface area contributed by atoms with Crippen molar-refractivity contribution in [2.45, 2.75) is 17.7 Å². The molecule has 0 saturated carbocycles.